The van der Waals surface area contributed by atoms with E-state index in [-0.39, 0.29) is 5.91 Å². The molecule has 1 aliphatic heterocycles. The lowest BCUT2D eigenvalue weighted by Gasteiger charge is -2.36. The summed E-state index contributed by atoms with van der Waals surface area (Å²) in [4.78, 5) is 16.3. The van der Waals surface area contributed by atoms with Crippen molar-refractivity contribution in [2.75, 3.05) is 26.7 Å². The van der Waals surface area contributed by atoms with Crippen molar-refractivity contribution < 1.29 is 9.53 Å². The molecule has 2 aromatic rings. The van der Waals surface area contributed by atoms with Crippen LogP contribution in [0.4, 0.5) is 0 Å². The minimum atomic E-state index is 0.116. The van der Waals surface area contributed by atoms with Gasteiger partial charge in [0.05, 0.1) is 13.2 Å². The molecule has 2 heterocycles. The molecule has 1 aromatic heterocycles. The smallest absolute Gasteiger partial charge is 0.220 e. The molecule has 1 N–H and O–H groups in total. The van der Waals surface area contributed by atoms with Gasteiger partial charge >= 0.3 is 0 Å². The molecule has 5 heteroatoms. The van der Waals surface area contributed by atoms with Crippen LogP contribution in [0.15, 0.2) is 41.8 Å². The van der Waals surface area contributed by atoms with Gasteiger partial charge in [-0.15, -0.1) is 11.3 Å². The number of benzene rings is 1. The lowest BCUT2D eigenvalue weighted by atomic mass is 9.97. The van der Waals surface area contributed by atoms with Crippen molar-refractivity contribution in [2.24, 2.45) is 5.92 Å². The summed E-state index contributed by atoms with van der Waals surface area (Å²) < 4.78 is 5.25. The fraction of sp³-hybridized carbons (Fsp3) is 0.500. The highest BCUT2D eigenvalue weighted by Gasteiger charge is 2.25. The molecule has 0 aliphatic carbocycles. The number of hydrogen-bond donors (Lipinski definition) is 1. The number of carbonyl (C=O) groups is 1. The van der Waals surface area contributed by atoms with Gasteiger partial charge in [-0.1, -0.05) is 25.1 Å². The molecule has 1 atom stereocenters. The molecule has 1 saturated heterocycles. The first kappa shape index (κ1) is 19.9. The number of piperidine rings is 1. The summed E-state index contributed by atoms with van der Waals surface area (Å²) >= 11 is 1.78. The molecule has 146 valence electrons. The molecule has 1 aromatic carbocycles. The third kappa shape index (κ3) is 5.81. The molecule has 1 amide bonds. The Labute approximate surface area is 166 Å². The predicted octanol–water partition coefficient (Wildman–Crippen LogP) is 4.28. The van der Waals surface area contributed by atoms with E-state index in [0.717, 1.165) is 36.7 Å². The average Bonchev–Trinajstić information content (AvgIpc) is 3.22. The van der Waals surface area contributed by atoms with E-state index < -0.39 is 0 Å². The maximum Gasteiger partial charge on any atom is 0.220 e. The second-order valence-corrected chi connectivity index (χ2v) is 8.38. The van der Waals surface area contributed by atoms with Gasteiger partial charge in [0.25, 0.3) is 0 Å². The van der Waals surface area contributed by atoms with Crippen LogP contribution in [0.25, 0.3) is 0 Å². The van der Waals surface area contributed by atoms with Gasteiger partial charge in [0.1, 0.15) is 5.75 Å². The highest BCUT2D eigenvalue weighted by Crippen LogP contribution is 2.29. The second kappa shape index (κ2) is 9.90. The zero-order valence-corrected chi connectivity index (χ0v) is 17.1. The van der Waals surface area contributed by atoms with Crippen molar-refractivity contribution in [2.45, 2.75) is 38.6 Å². The summed E-state index contributed by atoms with van der Waals surface area (Å²) in [5.74, 6) is 1.76. The lowest BCUT2D eigenvalue weighted by Crippen LogP contribution is -2.41. The maximum atomic E-state index is 12.4. The Balaban J connectivity index is 1.52. The van der Waals surface area contributed by atoms with E-state index in [1.807, 2.05) is 24.3 Å². The van der Waals surface area contributed by atoms with Crippen molar-refractivity contribution >= 4 is 17.2 Å². The molecule has 0 radical (unpaired) electrons. The zero-order valence-electron chi connectivity index (χ0n) is 16.3. The number of likely N-dealkylation sites (tertiary alicyclic amines) is 1. The number of thiophene rings is 1. The molecule has 1 fully saturated rings. The van der Waals surface area contributed by atoms with Crippen LogP contribution in [-0.4, -0.2) is 37.6 Å². The summed E-state index contributed by atoms with van der Waals surface area (Å²) in [5, 5.41) is 5.30. The number of methoxy groups -OCH3 is 1. The highest BCUT2D eigenvalue weighted by atomic mass is 32.1. The van der Waals surface area contributed by atoms with Gasteiger partial charge in [0, 0.05) is 17.8 Å². The number of rotatable bonds is 8. The molecule has 0 bridgehead atoms. The normalized spacial score (nSPS) is 16.8. The van der Waals surface area contributed by atoms with Crippen molar-refractivity contribution in [1.82, 2.24) is 10.2 Å². The Kier molecular flexibility index (Phi) is 7.30. The Hall–Kier alpha value is -1.85. The van der Waals surface area contributed by atoms with E-state index in [2.05, 4.69) is 34.7 Å². The number of nitrogens with one attached hydrogen (secondary N) is 1. The average molecular weight is 387 g/mol. The SMILES string of the molecule is COc1cccc(CCC(=O)NCC(c2cccs2)N2CCC(C)CC2)c1. The van der Waals surface area contributed by atoms with Crippen LogP contribution in [0, 0.1) is 5.92 Å². The van der Waals surface area contributed by atoms with E-state index in [9.17, 15) is 4.79 Å². The third-order valence-corrected chi connectivity index (χ3v) is 6.37. The summed E-state index contributed by atoms with van der Waals surface area (Å²) in [5.41, 5.74) is 1.13. The van der Waals surface area contributed by atoms with Crippen molar-refractivity contribution in [3.05, 3.63) is 52.2 Å². The Bertz CT molecular complexity index is 709. The molecular formula is C22H30N2O2S. The van der Waals surface area contributed by atoms with Gasteiger partial charge in [-0.2, -0.15) is 0 Å². The minimum Gasteiger partial charge on any atom is -0.497 e. The Morgan fingerprint density at radius 3 is 2.81 bits per heavy atom. The Morgan fingerprint density at radius 1 is 1.30 bits per heavy atom. The van der Waals surface area contributed by atoms with Gasteiger partial charge in [-0.05, 0) is 67.4 Å². The lowest BCUT2D eigenvalue weighted by molar-refractivity contribution is -0.121. The van der Waals surface area contributed by atoms with Crippen LogP contribution in [0.2, 0.25) is 0 Å². The fourth-order valence-electron chi connectivity index (χ4n) is 3.62. The van der Waals surface area contributed by atoms with E-state index >= 15 is 0 Å². The maximum absolute atomic E-state index is 12.4. The first-order valence-electron chi connectivity index (χ1n) is 9.83. The van der Waals surface area contributed by atoms with Crippen LogP contribution < -0.4 is 10.1 Å². The molecule has 1 unspecified atom stereocenters. The van der Waals surface area contributed by atoms with Crippen LogP contribution in [-0.2, 0) is 11.2 Å². The number of ether oxygens (including phenoxy) is 1. The second-order valence-electron chi connectivity index (χ2n) is 7.41. The molecule has 0 spiro atoms. The first-order valence-corrected chi connectivity index (χ1v) is 10.7. The summed E-state index contributed by atoms with van der Waals surface area (Å²) in [6, 6.07) is 12.5. The van der Waals surface area contributed by atoms with Gasteiger partial charge in [0.2, 0.25) is 5.91 Å². The van der Waals surface area contributed by atoms with Crippen LogP contribution >= 0.6 is 11.3 Å². The van der Waals surface area contributed by atoms with E-state index in [1.54, 1.807) is 18.4 Å². The predicted molar refractivity (Wildman–Crippen MR) is 111 cm³/mol. The van der Waals surface area contributed by atoms with Crippen molar-refractivity contribution in [3.63, 3.8) is 0 Å². The molecule has 0 saturated carbocycles. The number of nitrogens with zero attached hydrogens (tertiary/aromatic N) is 1. The number of carbonyl (C=O) groups excluding carboxylic acids is 1. The molecular weight excluding hydrogens is 356 g/mol. The van der Waals surface area contributed by atoms with Gasteiger partial charge in [-0.3, -0.25) is 9.69 Å². The summed E-state index contributed by atoms with van der Waals surface area (Å²) in [7, 11) is 1.66. The fourth-order valence-corrected chi connectivity index (χ4v) is 4.48. The van der Waals surface area contributed by atoms with Crippen molar-refractivity contribution in [3.8, 4) is 5.75 Å². The summed E-state index contributed by atoms with van der Waals surface area (Å²) in [6.07, 6.45) is 3.71. The minimum absolute atomic E-state index is 0.116. The number of aryl methyl sites for hydroxylation is 1. The standard InChI is InChI=1S/C22H30N2O2S/c1-17-10-12-24(13-11-17)20(21-7-4-14-27-21)16-23-22(25)9-8-18-5-3-6-19(15-18)26-2/h3-7,14-15,17,20H,8-13,16H2,1-2H3,(H,23,25). The molecule has 27 heavy (non-hydrogen) atoms. The molecule has 4 nitrogen and oxygen atoms in total. The van der Waals surface area contributed by atoms with Crippen LogP contribution in [0.5, 0.6) is 5.75 Å². The topological polar surface area (TPSA) is 41.6 Å². The van der Waals surface area contributed by atoms with Gasteiger partial charge < -0.3 is 10.1 Å². The van der Waals surface area contributed by atoms with Gasteiger partial charge in [-0.25, -0.2) is 0 Å². The molecule has 3 rings (SSSR count). The number of hydrogen-bond acceptors (Lipinski definition) is 4. The van der Waals surface area contributed by atoms with E-state index in [1.165, 1.54) is 17.7 Å². The first-order chi connectivity index (χ1) is 13.2. The molecule has 1 aliphatic rings. The van der Waals surface area contributed by atoms with Crippen LogP contribution in [0.1, 0.15) is 42.7 Å². The van der Waals surface area contributed by atoms with Crippen LogP contribution in [0.3, 0.4) is 0 Å². The van der Waals surface area contributed by atoms with E-state index in [0.29, 0.717) is 19.0 Å². The monoisotopic (exact) mass is 386 g/mol. The van der Waals surface area contributed by atoms with E-state index in [4.69, 9.17) is 4.74 Å². The quantitative estimate of drug-likeness (QED) is 0.736. The summed E-state index contributed by atoms with van der Waals surface area (Å²) in [6.45, 7) is 5.25. The van der Waals surface area contributed by atoms with Gasteiger partial charge in [0.15, 0.2) is 0 Å². The number of amides is 1. The largest absolute Gasteiger partial charge is 0.497 e. The highest BCUT2D eigenvalue weighted by molar-refractivity contribution is 7.10. The Morgan fingerprint density at radius 2 is 2.11 bits per heavy atom. The van der Waals surface area contributed by atoms with Crippen molar-refractivity contribution in [1.29, 1.82) is 0 Å². The third-order valence-electron chi connectivity index (χ3n) is 5.40. The zero-order chi connectivity index (χ0) is 19.1.